The Hall–Kier alpha value is -3.03. The largest absolute Gasteiger partial charge is 0.385 e. The Morgan fingerprint density at radius 2 is 1.75 bits per heavy atom. The SMILES string of the molecule is C=C[C@H](O)C1=C(c2ccccc2)N(S(=O)(=O)c2ccc(C)cc2)C(=O)[C@]2(CCCC2=O)C1. The molecule has 166 valence electrons. The van der Waals surface area contributed by atoms with Crippen LogP contribution in [0.5, 0.6) is 0 Å². The number of carbonyl (C=O) groups excluding carboxylic acids is 2. The van der Waals surface area contributed by atoms with Crippen molar-refractivity contribution in [2.75, 3.05) is 0 Å². The van der Waals surface area contributed by atoms with Gasteiger partial charge < -0.3 is 5.11 Å². The second-order valence-corrected chi connectivity index (χ2v) is 10.1. The van der Waals surface area contributed by atoms with Gasteiger partial charge in [0.05, 0.1) is 16.7 Å². The first-order valence-corrected chi connectivity index (χ1v) is 12.0. The number of aliphatic hydroxyl groups excluding tert-OH is 1. The zero-order chi connectivity index (χ0) is 23.1. The van der Waals surface area contributed by atoms with E-state index in [2.05, 4.69) is 6.58 Å². The minimum atomic E-state index is -4.36. The van der Waals surface area contributed by atoms with Gasteiger partial charge in [-0.15, -0.1) is 6.58 Å². The molecule has 2 atom stereocenters. The lowest BCUT2D eigenvalue weighted by molar-refractivity contribution is -0.143. The molecule has 2 aromatic rings. The van der Waals surface area contributed by atoms with Crippen LogP contribution < -0.4 is 0 Å². The van der Waals surface area contributed by atoms with Crippen molar-refractivity contribution in [2.24, 2.45) is 5.41 Å². The van der Waals surface area contributed by atoms with Crippen molar-refractivity contribution in [2.45, 2.75) is 43.6 Å². The third-order valence-electron chi connectivity index (χ3n) is 6.32. The molecule has 2 aliphatic rings. The summed E-state index contributed by atoms with van der Waals surface area (Å²) in [5.74, 6) is -1.04. The number of ketones is 1. The van der Waals surface area contributed by atoms with Gasteiger partial charge in [-0.2, -0.15) is 0 Å². The zero-order valence-corrected chi connectivity index (χ0v) is 18.6. The lowest BCUT2D eigenvalue weighted by atomic mass is 9.73. The number of aliphatic hydroxyl groups is 1. The standard InChI is InChI=1S/C25H25NO5S/c1-3-21(27)20-16-25(15-7-10-22(25)28)24(29)26(23(20)18-8-5-4-6-9-18)32(30,31)19-13-11-17(2)12-14-19/h3-6,8-9,11-14,21,27H,1,7,10,15-16H2,2H3/t21-,25+/m0/s1. The van der Waals surface area contributed by atoms with Gasteiger partial charge in [-0.3, -0.25) is 9.59 Å². The molecule has 1 heterocycles. The van der Waals surface area contributed by atoms with Gasteiger partial charge >= 0.3 is 0 Å². The highest BCUT2D eigenvalue weighted by molar-refractivity contribution is 7.90. The lowest BCUT2D eigenvalue weighted by Gasteiger charge is -2.41. The molecule has 32 heavy (non-hydrogen) atoms. The molecule has 6 nitrogen and oxygen atoms in total. The van der Waals surface area contributed by atoms with Crippen LogP contribution in [0.4, 0.5) is 0 Å². The van der Waals surface area contributed by atoms with E-state index in [4.69, 9.17) is 0 Å². The molecule has 1 spiro atoms. The monoisotopic (exact) mass is 451 g/mol. The summed E-state index contributed by atoms with van der Waals surface area (Å²) in [5, 5.41) is 10.8. The predicted molar refractivity (Wildman–Crippen MR) is 121 cm³/mol. The van der Waals surface area contributed by atoms with Crippen molar-refractivity contribution < 1.29 is 23.1 Å². The number of rotatable bonds is 5. The van der Waals surface area contributed by atoms with Gasteiger partial charge in [-0.05, 0) is 49.5 Å². The van der Waals surface area contributed by atoms with Crippen LogP contribution in [0.1, 0.15) is 36.8 Å². The molecule has 0 aromatic heterocycles. The number of amides is 1. The third-order valence-corrected chi connectivity index (χ3v) is 8.02. The van der Waals surface area contributed by atoms with E-state index in [0.717, 1.165) is 9.87 Å². The number of hydrogen-bond acceptors (Lipinski definition) is 5. The van der Waals surface area contributed by atoms with Crippen LogP contribution in [-0.2, 0) is 19.6 Å². The van der Waals surface area contributed by atoms with E-state index in [1.165, 1.54) is 18.2 Å². The van der Waals surface area contributed by atoms with Crippen LogP contribution in [0.15, 0.2) is 77.7 Å². The number of hydrogen-bond donors (Lipinski definition) is 1. The third kappa shape index (κ3) is 3.42. The molecule has 1 aliphatic heterocycles. The number of aryl methyl sites for hydroxylation is 1. The highest BCUT2D eigenvalue weighted by atomic mass is 32.2. The summed E-state index contributed by atoms with van der Waals surface area (Å²) in [6.45, 7) is 5.49. The van der Waals surface area contributed by atoms with Crippen LogP contribution in [0.3, 0.4) is 0 Å². The molecule has 7 heteroatoms. The van der Waals surface area contributed by atoms with Crippen molar-refractivity contribution in [1.29, 1.82) is 0 Å². The minimum absolute atomic E-state index is 0.0258. The smallest absolute Gasteiger partial charge is 0.270 e. The Morgan fingerprint density at radius 1 is 1.09 bits per heavy atom. The van der Waals surface area contributed by atoms with Crippen molar-refractivity contribution in [3.05, 3.63) is 84.0 Å². The van der Waals surface area contributed by atoms with Crippen molar-refractivity contribution in [1.82, 2.24) is 4.31 Å². The number of sulfonamides is 1. The Balaban J connectivity index is 2.04. The van der Waals surface area contributed by atoms with Gasteiger partial charge in [0.15, 0.2) is 0 Å². The van der Waals surface area contributed by atoms with E-state index in [0.29, 0.717) is 17.6 Å². The van der Waals surface area contributed by atoms with Gasteiger partial charge in [0.25, 0.3) is 15.9 Å². The molecule has 1 amide bonds. The van der Waals surface area contributed by atoms with E-state index >= 15 is 0 Å². The van der Waals surface area contributed by atoms with Crippen molar-refractivity contribution >= 4 is 27.4 Å². The first-order chi connectivity index (χ1) is 15.2. The van der Waals surface area contributed by atoms with Gasteiger partial charge in [0.1, 0.15) is 11.2 Å². The Kier molecular flexibility index (Phi) is 5.65. The quantitative estimate of drug-likeness (QED) is 0.554. The van der Waals surface area contributed by atoms with E-state index in [1.807, 2.05) is 6.92 Å². The molecule has 1 N–H and O–H groups in total. The molecule has 1 fully saturated rings. The van der Waals surface area contributed by atoms with Gasteiger partial charge in [-0.1, -0.05) is 54.1 Å². The van der Waals surface area contributed by atoms with Crippen molar-refractivity contribution in [3.8, 4) is 0 Å². The van der Waals surface area contributed by atoms with E-state index in [9.17, 15) is 23.1 Å². The maximum Gasteiger partial charge on any atom is 0.270 e. The molecule has 0 unspecified atom stereocenters. The highest BCUT2D eigenvalue weighted by Gasteiger charge is 2.57. The summed E-state index contributed by atoms with van der Waals surface area (Å²) in [7, 11) is -4.36. The Labute approximate surface area is 187 Å². The predicted octanol–water partition coefficient (Wildman–Crippen LogP) is 3.61. The average Bonchev–Trinajstić information content (AvgIpc) is 3.16. The fraction of sp³-hybridized carbons (Fsp3) is 0.280. The number of nitrogens with zero attached hydrogens (tertiary/aromatic N) is 1. The minimum Gasteiger partial charge on any atom is -0.385 e. The molecule has 4 rings (SSSR count). The van der Waals surface area contributed by atoms with Crippen LogP contribution in [0.25, 0.3) is 5.70 Å². The first kappa shape index (κ1) is 22.2. The summed E-state index contributed by atoms with van der Waals surface area (Å²) in [6, 6.07) is 14.8. The van der Waals surface area contributed by atoms with Crippen LogP contribution >= 0.6 is 0 Å². The molecular formula is C25H25NO5S. The second-order valence-electron chi connectivity index (χ2n) is 8.34. The van der Waals surface area contributed by atoms with Gasteiger partial charge in [0.2, 0.25) is 0 Å². The van der Waals surface area contributed by atoms with Crippen LogP contribution in [0, 0.1) is 12.3 Å². The van der Waals surface area contributed by atoms with Gasteiger partial charge in [-0.25, -0.2) is 12.7 Å². The fourth-order valence-electron chi connectivity index (χ4n) is 4.58. The molecule has 0 radical (unpaired) electrons. The lowest BCUT2D eigenvalue weighted by Crippen LogP contribution is -2.52. The second kappa shape index (κ2) is 8.15. The summed E-state index contributed by atoms with van der Waals surface area (Å²) in [6.07, 6.45) is 1.02. The van der Waals surface area contributed by atoms with Crippen LogP contribution in [-0.4, -0.2) is 35.6 Å². The van der Waals surface area contributed by atoms with Gasteiger partial charge in [0, 0.05) is 6.42 Å². The molecule has 2 aromatic carbocycles. The zero-order valence-electron chi connectivity index (χ0n) is 17.8. The maximum absolute atomic E-state index is 13.9. The highest BCUT2D eigenvalue weighted by Crippen LogP contribution is 2.50. The average molecular weight is 452 g/mol. The molecule has 1 aliphatic carbocycles. The molecule has 0 saturated heterocycles. The number of Topliss-reactive ketones (excluding diaryl/α,β-unsaturated/α-hetero) is 1. The summed E-state index contributed by atoms with van der Waals surface area (Å²) in [4.78, 5) is 26.8. The van der Waals surface area contributed by atoms with E-state index in [1.54, 1.807) is 42.5 Å². The van der Waals surface area contributed by atoms with E-state index in [-0.39, 0.29) is 35.6 Å². The summed E-state index contributed by atoms with van der Waals surface area (Å²) in [5.41, 5.74) is 0.242. The number of carbonyl (C=O) groups is 2. The fourth-order valence-corrected chi connectivity index (χ4v) is 6.13. The molecule has 1 saturated carbocycles. The van der Waals surface area contributed by atoms with Crippen molar-refractivity contribution in [3.63, 3.8) is 0 Å². The first-order valence-electron chi connectivity index (χ1n) is 10.5. The summed E-state index contributed by atoms with van der Waals surface area (Å²) < 4.78 is 28.4. The molecule has 0 bridgehead atoms. The Bertz CT molecular complexity index is 1210. The Morgan fingerprint density at radius 3 is 2.31 bits per heavy atom. The maximum atomic E-state index is 13.9. The normalized spacial score (nSPS) is 22.5. The van der Waals surface area contributed by atoms with E-state index < -0.39 is 27.4 Å². The summed E-state index contributed by atoms with van der Waals surface area (Å²) >= 11 is 0. The van der Waals surface area contributed by atoms with Crippen LogP contribution in [0.2, 0.25) is 0 Å². The molecular weight excluding hydrogens is 426 g/mol. The topological polar surface area (TPSA) is 91.8 Å². The number of benzene rings is 2.